The minimum atomic E-state index is -0.345. The fourth-order valence-electron chi connectivity index (χ4n) is 3.68. The molecule has 1 aromatic carbocycles. The van der Waals surface area contributed by atoms with Crippen molar-refractivity contribution in [1.29, 1.82) is 0 Å². The zero-order chi connectivity index (χ0) is 22.7. The van der Waals surface area contributed by atoms with Gasteiger partial charge in [-0.05, 0) is 44.6 Å². The lowest BCUT2D eigenvalue weighted by molar-refractivity contribution is -0.113. The fraction of sp³-hybridized carbons (Fsp3) is 0.375. The standard InChI is InChI=1S/C24H26N2O3S3/c1-14(2)29-23(28)21-17-10-9-15(3)11-19(17)32-22(21)26-20(27)13-31-24-25-18(12-30-24)16-7-5-4-6-8-16/h4-8,12,14-15H,9-11,13H2,1-3H3,(H,26,27). The van der Waals surface area contributed by atoms with Gasteiger partial charge in [0.05, 0.1) is 23.1 Å². The van der Waals surface area contributed by atoms with E-state index in [2.05, 4.69) is 17.2 Å². The van der Waals surface area contributed by atoms with Crippen molar-refractivity contribution >= 4 is 51.3 Å². The van der Waals surface area contributed by atoms with E-state index < -0.39 is 0 Å². The average Bonchev–Trinajstić information content (AvgIpc) is 3.36. The van der Waals surface area contributed by atoms with Crippen molar-refractivity contribution in [2.75, 3.05) is 11.1 Å². The molecule has 0 saturated heterocycles. The van der Waals surface area contributed by atoms with E-state index in [1.807, 2.05) is 49.6 Å². The summed E-state index contributed by atoms with van der Waals surface area (Å²) in [4.78, 5) is 31.4. The summed E-state index contributed by atoms with van der Waals surface area (Å²) in [5.41, 5.74) is 3.57. The van der Waals surface area contributed by atoms with Gasteiger partial charge in [-0.15, -0.1) is 22.7 Å². The van der Waals surface area contributed by atoms with Crippen molar-refractivity contribution < 1.29 is 14.3 Å². The second-order valence-corrected chi connectivity index (χ2v) is 11.4. The second kappa shape index (κ2) is 10.2. The van der Waals surface area contributed by atoms with E-state index in [0.29, 0.717) is 16.5 Å². The quantitative estimate of drug-likeness (QED) is 0.314. The Morgan fingerprint density at radius 3 is 2.81 bits per heavy atom. The molecule has 5 nitrogen and oxygen atoms in total. The van der Waals surface area contributed by atoms with Gasteiger partial charge in [0.25, 0.3) is 0 Å². The van der Waals surface area contributed by atoms with E-state index in [1.54, 1.807) is 0 Å². The fourth-order valence-corrected chi connectivity index (χ4v) is 6.73. The molecule has 168 valence electrons. The molecule has 3 aromatic rings. The zero-order valence-corrected chi connectivity index (χ0v) is 20.8. The van der Waals surface area contributed by atoms with E-state index >= 15 is 0 Å². The molecule has 0 aliphatic heterocycles. The maximum Gasteiger partial charge on any atom is 0.341 e. The van der Waals surface area contributed by atoms with Crippen molar-refractivity contribution in [3.8, 4) is 11.3 Å². The molecular formula is C24H26N2O3S3. The van der Waals surface area contributed by atoms with E-state index in [0.717, 1.165) is 40.4 Å². The number of hydrogen-bond acceptors (Lipinski definition) is 7. The van der Waals surface area contributed by atoms with Crippen LogP contribution in [0.3, 0.4) is 0 Å². The highest BCUT2D eigenvalue weighted by atomic mass is 32.2. The third-order valence-electron chi connectivity index (χ3n) is 5.19. The van der Waals surface area contributed by atoms with E-state index in [-0.39, 0.29) is 23.7 Å². The molecule has 0 radical (unpaired) electrons. The Labute approximate surface area is 200 Å². The van der Waals surface area contributed by atoms with Gasteiger partial charge in [0.2, 0.25) is 5.91 Å². The van der Waals surface area contributed by atoms with Gasteiger partial charge in [-0.1, -0.05) is 49.0 Å². The summed E-state index contributed by atoms with van der Waals surface area (Å²) in [6.45, 7) is 5.90. The molecule has 32 heavy (non-hydrogen) atoms. The SMILES string of the molecule is CC1CCc2c(sc(NC(=O)CSc3nc(-c4ccccc4)cs3)c2C(=O)OC(C)C)C1. The molecular weight excluding hydrogens is 460 g/mol. The summed E-state index contributed by atoms with van der Waals surface area (Å²) in [6, 6.07) is 9.99. The Balaban J connectivity index is 1.45. The molecule has 1 aliphatic rings. The molecule has 8 heteroatoms. The molecule has 0 bridgehead atoms. The number of esters is 1. The van der Waals surface area contributed by atoms with Gasteiger partial charge in [-0.25, -0.2) is 9.78 Å². The van der Waals surface area contributed by atoms with Gasteiger partial charge in [0.1, 0.15) is 5.00 Å². The van der Waals surface area contributed by atoms with Crippen LogP contribution in [0.2, 0.25) is 0 Å². The number of carbonyl (C=O) groups excluding carboxylic acids is 2. The van der Waals surface area contributed by atoms with Crippen LogP contribution >= 0.6 is 34.4 Å². The van der Waals surface area contributed by atoms with Crippen LogP contribution in [0.25, 0.3) is 11.3 Å². The number of fused-ring (bicyclic) bond motifs is 1. The summed E-state index contributed by atoms with van der Waals surface area (Å²) in [5, 5.41) is 5.60. The second-order valence-electron chi connectivity index (χ2n) is 8.21. The Bertz CT molecular complexity index is 1110. The smallest absolute Gasteiger partial charge is 0.341 e. The minimum Gasteiger partial charge on any atom is -0.459 e. The van der Waals surface area contributed by atoms with Crippen LogP contribution in [0.5, 0.6) is 0 Å². The first-order valence-corrected chi connectivity index (χ1v) is 13.4. The monoisotopic (exact) mass is 486 g/mol. The summed E-state index contributed by atoms with van der Waals surface area (Å²) in [7, 11) is 0. The van der Waals surface area contributed by atoms with Crippen LogP contribution in [0.4, 0.5) is 5.00 Å². The van der Waals surface area contributed by atoms with Crippen molar-refractivity contribution in [3.05, 3.63) is 51.7 Å². The molecule has 1 aliphatic carbocycles. The lowest BCUT2D eigenvalue weighted by Gasteiger charge is -2.18. The van der Waals surface area contributed by atoms with Crippen LogP contribution in [-0.2, 0) is 22.4 Å². The van der Waals surface area contributed by atoms with Crippen molar-refractivity contribution in [3.63, 3.8) is 0 Å². The van der Waals surface area contributed by atoms with E-state index in [1.165, 1.54) is 39.3 Å². The Morgan fingerprint density at radius 1 is 1.28 bits per heavy atom. The Kier molecular flexibility index (Phi) is 7.33. The summed E-state index contributed by atoms with van der Waals surface area (Å²) < 4.78 is 6.33. The third kappa shape index (κ3) is 5.42. The summed E-state index contributed by atoms with van der Waals surface area (Å²) in [6.07, 6.45) is 2.63. The molecule has 1 amide bonds. The molecule has 2 aromatic heterocycles. The number of hydrogen-bond donors (Lipinski definition) is 1. The maximum absolute atomic E-state index is 12.8. The van der Waals surface area contributed by atoms with Crippen LogP contribution in [0, 0.1) is 5.92 Å². The van der Waals surface area contributed by atoms with Crippen LogP contribution in [-0.4, -0.2) is 28.7 Å². The Hall–Kier alpha value is -2.16. The maximum atomic E-state index is 12.8. The number of rotatable bonds is 7. The number of carbonyl (C=O) groups is 2. The third-order valence-corrected chi connectivity index (χ3v) is 8.38. The van der Waals surface area contributed by atoms with Gasteiger partial charge in [-0.3, -0.25) is 4.79 Å². The van der Waals surface area contributed by atoms with Gasteiger partial charge in [0, 0.05) is 15.8 Å². The lowest BCUT2D eigenvalue weighted by Crippen LogP contribution is -2.19. The van der Waals surface area contributed by atoms with Crippen molar-refractivity contribution in [2.45, 2.75) is 50.5 Å². The first-order chi connectivity index (χ1) is 15.4. The van der Waals surface area contributed by atoms with Gasteiger partial charge < -0.3 is 10.1 Å². The number of thioether (sulfide) groups is 1. The predicted octanol–water partition coefficient (Wildman–Crippen LogP) is 6.29. The highest BCUT2D eigenvalue weighted by molar-refractivity contribution is 8.01. The summed E-state index contributed by atoms with van der Waals surface area (Å²) >= 11 is 4.45. The highest BCUT2D eigenvalue weighted by Gasteiger charge is 2.29. The predicted molar refractivity (Wildman–Crippen MR) is 133 cm³/mol. The number of thiophene rings is 1. The van der Waals surface area contributed by atoms with Crippen molar-refractivity contribution in [1.82, 2.24) is 4.98 Å². The van der Waals surface area contributed by atoms with Crippen molar-refractivity contribution in [2.24, 2.45) is 5.92 Å². The normalized spacial score (nSPS) is 15.4. The van der Waals surface area contributed by atoms with Crippen LogP contribution in [0.15, 0.2) is 40.1 Å². The van der Waals surface area contributed by atoms with Gasteiger partial charge in [0.15, 0.2) is 4.34 Å². The number of aromatic nitrogens is 1. The number of amides is 1. The minimum absolute atomic E-state index is 0.142. The number of nitrogens with zero attached hydrogens (tertiary/aromatic N) is 1. The van der Waals surface area contributed by atoms with Gasteiger partial charge in [-0.2, -0.15) is 0 Å². The number of thiazole rings is 1. The molecule has 1 atom stereocenters. The highest BCUT2D eigenvalue weighted by Crippen LogP contribution is 2.40. The lowest BCUT2D eigenvalue weighted by atomic mass is 9.88. The largest absolute Gasteiger partial charge is 0.459 e. The molecule has 1 unspecified atom stereocenters. The molecule has 2 heterocycles. The van der Waals surface area contributed by atoms with Crippen LogP contribution in [0.1, 0.15) is 48.0 Å². The number of ether oxygens (including phenoxy) is 1. The average molecular weight is 487 g/mol. The zero-order valence-electron chi connectivity index (χ0n) is 18.3. The molecule has 0 saturated carbocycles. The molecule has 1 N–H and O–H groups in total. The Morgan fingerprint density at radius 2 is 2.06 bits per heavy atom. The van der Waals surface area contributed by atoms with Gasteiger partial charge >= 0.3 is 5.97 Å². The first kappa shape index (κ1) is 23.0. The molecule has 4 rings (SSSR count). The van der Waals surface area contributed by atoms with E-state index in [9.17, 15) is 9.59 Å². The number of anilines is 1. The summed E-state index contributed by atoms with van der Waals surface area (Å²) in [5.74, 6) is 0.330. The number of nitrogens with one attached hydrogen (secondary N) is 1. The van der Waals surface area contributed by atoms with E-state index in [4.69, 9.17) is 4.74 Å². The number of benzene rings is 1. The molecule has 0 fully saturated rings. The molecule has 0 spiro atoms. The van der Waals surface area contributed by atoms with Crippen LogP contribution < -0.4 is 5.32 Å². The first-order valence-electron chi connectivity index (χ1n) is 10.7. The topological polar surface area (TPSA) is 68.3 Å².